The molecule has 1 amide bonds. The Morgan fingerprint density at radius 3 is 2.93 bits per heavy atom. The third-order valence-electron chi connectivity index (χ3n) is 1.52. The Kier molecular flexibility index (Phi) is 3.76. The van der Waals surface area contributed by atoms with Crippen molar-refractivity contribution in [2.45, 2.75) is 6.42 Å². The Morgan fingerprint density at radius 1 is 1.67 bits per heavy atom. The van der Waals surface area contributed by atoms with Crippen LogP contribution in [0.2, 0.25) is 0 Å². The zero-order valence-corrected chi connectivity index (χ0v) is 8.41. The number of carbonyl (C=O) groups is 1. The Labute approximate surface area is 89.3 Å². The highest BCUT2D eigenvalue weighted by Gasteiger charge is 2.14. The molecule has 0 unspecified atom stereocenters. The van der Waals surface area contributed by atoms with Crippen LogP contribution < -0.4 is 5.32 Å². The van der Waals surface area contributed by atoms with Crippen molar-refractivity contribution in [3.05, 3.63) is 27.1 Å². The van der Waals surface area contributed by atoms with Crippen molar-refractivity contribution in [1.82, 2.24) is 5.32 Å². The second-order valence-electron chi connectivity index (χ2n) is 2.56. The highest BCUT2D eigenvalue weighted by atomic mass is 32.1. The van der Waals surface area contributed by atoms with Gasteiger partial charge in [-0.15, -0.1) is 0 Å². The summed E-state index contributed by atoms with van der Waals surface area (Å²) >= 11 is 0.813. The predicted octanol–water partition coefficient (Wildman–Crippen LogP) is 1.30. The van der Waals surface area contributed by atoms with Gasteiger partial charge < -0.3 is 5.32 Å². The number of nitro groups is 1. The normalized spacial score (nSPS) is 9.27. The third kappa shape index (κ3) is 3.03. The van der Waals surface area contributed by atoms with Gasteiger partial charge in [0.25, 0.3) is 5.91 Å². The smallest absolute Gasteiger partial charge is 0.324 e. The number of hydrogen-bond donors (Lipinski definition) is 1. The monoisotopic (exact) mass is 225 g/mol. The Hall–Kier alpha value is -1.94. The van der Waals surface area contributed by atoms with Gasteiger partial charge in [0.2, 0.25) is 0 Å². The lowest BCUT2D eigenvalue weighted by Gasteiger charge is -1.97. The van der Waals surface area contributed by atoms with E-state index >= 15 is 0 Å². The first-order valence-corrected chi connectivity index (χ1v) is 4.86. The molecule has 1 heterocycles. The fourth-order valence-corrected chi connectivity index (χ4v) is 1.60. The molecule has 0 saturated carbocycles. The molecule has 0 fully saturated rings. The standard InChI is InChI=1S/C8H7N3O3S/c9-4-1-5-10-8(12)6-2-3-7(15-6)11(13)14/h2-3H,1,5H2,(H,10,12). The number of nitrogens with one attached hydrogen (secondary N) is 1. The molecule has 1 N–H and O–H groups in total. The van der Waals surface area contributed by atoms with Gasteiger partial charge in [-0.3, -0.25) is 14.9 Å². The molecular formula is C8H7N3O3S. The number of carbonyl (C=O) groups excluding carboxylic acids is 1. The Morgan fingerprint density at radius 2 is 2.40 bits per heavy atom. The van der Waals surface area contributed by atoms with Crippen LogP contribution in [0.3, 0.4) is 0 Å². The fourth-order valence-electron chi connectivity index (χ4n) is 0.867. The molecule has 15 heavy (non-hydrogen) atoms. The number of nitriles is 1. The molecule has 6 nitrogen and oxygen atoms in total. The van der Waals surface area contributed by atoms with E-state index in [0.717, 1.165) is 11.3 Å². The molecule has 1 aromatic heterocycles. The topological polar surface area (TPSA) is 96.0 Å². The zero-order valence-electron chi connectivity index (χ0n) is 7.60. The summed E-state index contributed by atoms with van der Waals surface area (Å²) in [5, 5.41) is 21.0. The van der Waals surface area contributed by atoms with Crippen molar-refractivity contribution in [2.75, 3.05) is 6.54 Å². The summed E-state index contributed by atoms with van der Waals surface area (Å²) < 4.78 is 0. The van der Waals surface area contributed by atoms with Crippen LogP contribution >= 0.6 is 11.3 Å². The quantitative estimate of drug-likeness (QED) is 0.474. The van der Waals surface area contributed by atoms with Gasteiger partial charge in [-0.05, 0) is 6.07 Å². The van der Waals surface area contributed by atoms with E-state index in [1.807, 2.05) is 6.07 Å². The molecular weight excluding hydrogens is 218 g/mol. The predicted molar refractivity (Wildman–Crippen MR) is 53.5 cm³/mol. The lowest BCUT2D eigenvalue weighted by atomic mass is 10.4. The number of nitrogens with zero attached hydrogens (tertiary/aromatic N) is 2. The molecule has 0 radical (unpaired) electrons. The van der Waals surface area contributed by atoms with E-state index in [-0.39, 0.29) is 28.8 Å². The van der Waals surface area contributed by atoms with Gasteiger partial charge >= 0.3 is 5.00 Å². The molecule has 0 atom stereocenters. The molecule has 0 aliphatic heterocycles. The number of hydrogen-bond acceptors (Lipinski definition) is 5. The molecule has 0 aliphatic carbocycles. The Balaban J connectivity index is 2.59. The minimum Gasteiger partial charge on any atom is -0.350 e. The zero-order chi connectivity index (χ0) is 11.3. The minimum atomic E-state index is -0.545. The summed E-state index contributed by atoms with van der Waals surface area (Å²) in [4.78, 5) is 21.4. The van der Waals surface area contributed by atoms with Crippen LogP contribution in [-0.4, -0.2) is 17.4 Å². The van der Waals surface area contributed by atoms with E-state index in [0.29, 0.717) is 0 Å². The number of rotatable bonds is 4. The third-order valence-corrected chi connectivity index (χ3v) is 2.55. The van der Waals surface area contributed by atoms with E-state index in [1.54, 1.807) is 0 Å². The molecule has 0 aromatic carbocycles. The van der Waals surface area contributed by atoms with E-state index in [4.69, 9.17) is 5.26 Å². The van der Waals surface area contributed by atoms with Crippen molar-refractivity contribution in [3.8, 4) is 6.07 Å². The van der Waals surface area contributed by atoms with E-state index < -0.39 is 4.92 Å². The van der Waals surface area contributed by atoms with Gasteiger partial charge in [-0.2, -0.15) is 5.26 Å². The summed E-state index contributed by atoms with van der Waals surface area (Å²) in [5.74, 6) is -0.386. The molecule has 1 aromatic rings. The summed E-state index contributed by atoms with van der Waals surface area (Å²) in [6, 6.07) is 4.55. The maximum absolute atomic E-state index is 11.3. The van der Waals surface area contributed by atoms with E-state index in [1.165, 1.54) is 12.1 Å². The van der Waals surface area contributed by atoms with Crippen LogP contribution in [0.25, 0.3) is 0 Å². The van der Waals surface area contributed by atoms with Crippen LogP contribution in [-0.2, 0) is 0 Å². The average Bonchev–Trinajstić information content (AvgIpc) is 2.66. The maximum atomic E-state index is 11.3. The summed E-state index contributed by atoms with van der Waals surface area (Å²) in [6.45, 7) is 0.251. The van der Waals surface area contributed by atoms with Crippen LogP contribution in [0.4, 0.5) is 5.00 Å². The molecule has 0 aliphatic rings. The fraction of sp³-hybridized carbons (Fsp3) is 0.250. The largest absolute Gasteiger partial charge is 0.350 e. The average molecular weight is 225 g/mol. The van der Waals surface area contributed by atoms with Crippen LogP contribution in [0.15, 0.2) is 12.1 Å². The lowest BCUT2D eigenvalue weighted by Crippen LogP contribution is -2.23. The molecule has 0 spiro atoms. The first-order valence-electron chi connectivity index (χ1n) is 4.04. The number of amides is 1. The van der Waals surface area contributed by atoms with Gasteiger partial charge in [-0.25, -0.2) is 0 Å². The molecule has 0 saturated heterocycles. The van der Waals surface area contributed by atoms with Crippen LogP contribution in [0.1, 0.15) is 16.1 Å². The molecule has 0 bridgehead atoms. The van der Waals surface area contributed by atoms with E-state index in [2.05, 4.69) is 5.32 Å². The number of thiophene rings is 1. The first kappa shape index (κ1) is 11.1. The van der Waals surface area contributed by atoms with Gasteiger partial charge in [0.05, 0.1) is 22.3 Å². The highest BCUT2D eigenvalue weighted by molar-refractivity contribution is 7.17. The SMILES string of the molecule is N#CCCNC(=O)c1ccc([N+](=O)[O-])s1. The highest BCUT2D eigenvalue weighted by Crippen LogP contribution is 2.23. The second kappa shape index (κ2) is 5.07. The first-order chi connectivity index (χ1) is 7.15. The summed E-state index contributed by atoms with van der Waals surface area (Å²) in [7, 11) is 0. The van der Waals surface area contributed by atoms with Crippen molar-refractivity contribution >= 4 is 22.2 Å². The van der Waals surface area contributed by atoms with Gasteiger partial charge in [0.1, 0.15) is 0 Å². The van der Waals surface area contributed by atoms with Crippen molar-refractivity contribution < 1.29 is 9.72 Å². The van der Waals surface area contributed by atoms with Gasteiger partial charge in [0.15, 0.2) is 0 Å². The molecule has 7 heteroatoms. The molecule has 78 valence electrons. The van der Waals surface area contributed by atoms with Crippen molar-refractivity contribution in [3.63, 3.8) is 0 Å². The van der Waals surface area contributed by atoms with Crippen LogP contribution in [0.5, 0.6) is 0 Å². The van der Waals surface area contributed by atoms with Gasteiger partial charge in [0, 0.05) is 12.6 Å². The Bertz CT molecular complexity index is 421. The minimum absolute atomic E-state index is 0.0690. The second-order valence-corrected chi connectivity index (χ2v) is 3.62. The van der Waals surface area contributed by atoms with Crippen molar-refractivity contribution in [1.29, 1.82) is 5.26 Å². The maximum Gasteiger partial charge on any atom is 0.324 e. The lowest BCUT2D eigenvalue weighted by molar-refractivity contribution is -0.380. The van der Waals surface area contributed by atoms with Gasteiger partial charge in [-0.1, -0.05) is 11.3 Å². The summed E-state index contributed by atoms with van der Waals surface area (Å²) in [6.07, 6.45) is 0.221. The van der Waals surface area contributed by atoms with Crippen LogP contribution in [0, 0.1) is 21.4 Å². The van der Waals surface area contributed by atoms with E-state index in [9.17, 15) is 14.9 Å². The molecule has 1 rings (SSSR count). The summed E-state index contributed by atoms with van der Waals surface area (Å²) in [5.41, 5.74) is 0. The van der Waals surface area contributed by atoms with Crippen molar-refractivity contribution in [2.24, 2.45) is 0 Å².